The van der Waals surface area contributed by atoms with Crippen LogP contribution in [0, 0.1) is 0 Å². The molecule has 0 spiro atoms. The smallest absolute Gasteiger partial charge is 0.316 e. The molecule has 1 aliphatic heterocycles. The third-order valence-electron chi connectivity index (χ3n) is 3.19. The van der Waals surface area contributed by atoms with Crippen molar-refractivity contribution in [2.24, 2.45) is 0 Å². The van der Waals surface area contributed by atoms with Gasteiger partial charge in [0.25, 0.3) is 0 Å². The molecule has 0 radical (unpaired) electrons. The van der Waals surface area contributed by atoms with Gasteiger partial charge in [-0.25, -0.2) is 0 Å². The third kappa shape index (κ3) is 2.86. The van der Waals surface area contributed by atoms with E-state index in [1.54, 1.807) is 0 Å². The summed E-state index contributed by atoms with van der Waals surface area (Å²) in [6, 6.07) is 2.65. The second kappa shape index (κ2) is 4.70. The fraction of sp³-hybridized carbons (Fsp3) is 0.500. The van der Waals surface area contributed by atoms with E-state index in [0.717, 1.165) is 12.1 Å². The van der Waals surface area contributed by atoms with Crippen LogP contribution in [-0.2, 0) is 12.4 Å². The van der Waals surface area contributed by atoms with Crippen LogP contribution in [-0.4, -0.2) is 13.1 Å². The van der Waals surface area contributed by atoms with Gasteiger partial charge in [0.2, 0.25) is 0 Å². The molecule has 1 nitrogen and oxygen atoms in total. The van der Waals surface area contributed by atoms with Gasteiger partial charge >= 0.3 is 12.4 Å². The van der Waals surface area contributed by atoms with E-state index in [4.69, 9.17) is 0 Å². The molecule has 1 aromatic carbocycles. The molecule has 0 amide bonds. The Bertz CT molecular complexity index is 456. The summed E-state index contributed by atoms with van der Waals surface area (Å²) in [5, 5.41) is 2.86. The molecule has 2 rings (SSSR count). The number of rotatable bonds is 1. The fourth-order valence-corrected chi connectivity index (χ4v) is 2.38. The number of hydrogen-bond acceptors (Lipinski definition) is 1. The van der Waals surface area contributed by atoms with Gasteiger partial charge in [-0.3, -0.25) is 0 Å². The van der Waals surface area contributed by atoms with Crippen LogP contribution < -0.4 is 5.32 Å². The molecule has 1 aliphatic rings. The summed E-state index contributed by atoms with van der Waals surface area (Å²) in [5.41, 5.74) is -3.42. The Morgan fingerprint density at radius 1 is 1.00 bits per heavy atom. The molecule has 1 aromatic rings. The summed E-state index contributed by atoms with van der Waals surface area (Å²) in [7, 11) is 0. The first kappa shape index (κ1) is 14.2. The molecule has 1 fully saturated rings. The van der Waals surface area contributed by atoms with Gasteiger partial charge in [-0.05, 0) is 30.5 Å². The Kier molecular flexibility index (Phi) is 3.51. The van der Waals surface area contributed by atoms with E-state index in [1.165, 1.54) is 0 Å². The molecule has 0 aromatic heterocycles. The summed E-state index contributed by atoms with van der Waals surface area (Å²) in [6.45, 7) is 0.780. The van der Waals surface area contributed by atoms with E-state index in [2.05, 4.69) is 5.32 Å². The van der Waals surface area contributed by atoms with Crippen LogP contribution >= 0.6 is 0 Å². The highest BCUT2D eigenvalue weighted by Crippen LogP contribution is 2.44. The Balaban J connectivity index is 2.60. The van der Waals surface area contributed by atoms with Crippen molar-refractivity contribution in [2.75, 3.05) is 13.1 Å². The summed E-state index contributed by atoms with van der Waals surface area (Å²) >= 11 is 0. The largest absolute Gasteiger partial charge is 0.417 e. The first-order valence-corrected chi connectivity index (χ1v) is 5.69. The number of nitrogens with one attached hydrogen (secondary N) is 1. The summed E-state index contributed by atoms with van der Waals surface area (Å²) in [6.07, 6.45) is -9.61. The van der Waals surface area contributed by atoms with E-state index in [1.807, 2.05) is 0 Å². The molecule has 0 bridgehead atoms. The van der Waals surface area contributed by atoms with E-state index in [9.17, 15) is 26.3 Å². The normalized spacial score (nSPS) is 20.8. The molecule has 0 saturated carbocycles. The van der Waals surface area contributed by atoms with Crippen molar-refractivity contribution in [3.05, 3.63) is 34.9 Å². The lowest BCUT2D eigenvalue weighted by molar-refractivity contribution is -0.162. The van der Waals surface area contributed by atoms with Gasteiger partial charge in [0.1, 0.15) is 0 Å². The van der Waals surface area contributed by atoms with Crippen molar-refractivity contribution < 1.29 is 26.3 Å². The zero-order chi connectivity index (χ0) is 14.3. The molecule has 1 heterocycles. The number of hydrogen-bond donors (Lipinski definition) is 1. The van der Waals surface area contributed by atoms with Crippen LogP contribution in [0.2, 0.25) is 0 Å². The van der Waals surface area contributed by atoms with E-state index in [-0.39, 0.29) is 12.1 Å². The molecule has 7 heteroatoms. The minimum absolute atomic E-state index is 0.268. The Hall–Kier alpha value is -1.24. The van der Waals surface area contributed by atoms with E-state index < -0.39 is 29.4 Å². The lowest BCUT2D eigenvalue weighted by atomic mass is 9.90. The van der Waals surface area contributed by atoms with Gasteiger partial charge in [0, 0.05) is 6.54 Å². The van der Waals surface area contributed by atoms with Crippen molar-refractivity contribution in [3.8, 4) is 0 Å². The van der Waals surface area contributed by atoms with Crippen LogP contribution in [0.4, 0.5) is 26.3 Å². The Morgan fingerprint density at radius 2 is 1.68 bits per heavy atom. The minimum Gasteiger partial charge on any atom is -0.316 e. The second-order valence-electron chi connectivity index (χ2n) is 4.46. The average molecular weight is 283 g/mol. The van der Waals surface area contributed by atoms with Crippen LogP contribution in [0.5, 0.6) is 0 Å². The van der Waals surface area contributed by atoms with Crippen LogP contribution in [0.15, 0.2) is 18.2 Å². The maximum atomic E-state index is 13.0. The van der Waals surface area contributed by atoms with Gasteiger partial charge in [0.05, 0.1) is 11.1 Å². The van der Waals surface area contributed by atoms with Gasteiger partial charge < -0.3 is 5.32 Å². The molecule has 1 atom stereocenters. The first-order valence-electron chi connectivity index (χ1n) is 5.69. The standard InChI is InChI=1S/C12H11F6N/c13-11(14,15)9-3-1-2-8(7-4-5-19-6-7)10(9)12(16,17)18/h1-3,7,19H,4-6H2. The number of alkyl halides is 6. The van der Waals surface area contributed by atoms with Crippen molar-refractivity contribution in [2.45, 2.75) is 24.7 Å². The lowest BCUT2D eigenvalue weighted by Gasteiger charge is -2.21. The van der Waals surface area contributed by atoms with Crippen molar-refractivity contribution in [1.29, 1.82) is 0 Å². The molecule has 1 unspecified atom stereocenters. The van der Waals surface area contributed by atoms with Gasteiger partial charge in [0.15, 0.2) is 0 Å². The minimum atomic E-state index is -5.01. The van der Waals surface area contributed by atoms with Crippen LogP contribution in [0.1, 0.15) is 29.0 Å². The predicted molar refractivity (Wildman–Crippen MR) is 56.7 cm³/mol. The quantitative estimate of drug-likeness (QED) is 0.773. The maximum Gasteiger partial charge on any atom is 0.417 e. The highest BCUT2D eigenvalue weighted by Gasteiger charge is 2.45. The maximum absolute atomic E-state index is 13.0. The molecule has 1 N–H and O–H groups in total. The Morgan fingerprint density at radius 3 is 2.16 bits per heavy atom. The Labute approximate surface area is 105 Å². The second-order valence-corrected chi connectivity index (χ2v) is 4.46. The zero-order valence-electron chi connectivity index (χ0n) is 9.70. The van der Waals surface area contributed by atoms with Gasteiger partial charge in [-0.2, -0.15) is 26.3 Å². The van der Waals surface area contributed by atoms with Crippen molar-refractivity contribution >= 4 is 0 Å². The third-order valence-corrected chi connectivity index (χ3v) is 3.19. The fourth-order valence-electron chi connectivity index (χ4n) is 2.38. The first-order chi connectivity index (χ1) is 8.71. The SMILES string of the molecule is FC(F)(F)c1cccc(C2CCNC2)c1C(F)(F)F. The summed E-state index contributed by atoms with van der Waals surface area (Å²) in [5.74, 6) is -0.529. The summed E-state index contributed by atoms with van der Waals surface area (Å²) < 4.78 is 77.1. The lowest BCUT2D eigenvalue weighted by Crippen LogP contribution is -2.21. The topological polar surface area (TPSA) is 12.0 Å². The predicted octanol–water partition coefficient (Wildman–Crippen LogP) is 3.80. The molecule has 19 heavy (non-hydrogen) atoms. The molecule has 0 aliphatic carbocycles. The van der Waals surface area contributed by atoms with Crippen LogP contribution in [0.25, 0.3) is 0 Å². The molecular weight excluding hydrogens is 272 g/mol. The number of benzene rings is 1. The van der Waals surface area contributed by atoms with Crippen molar-refractivity contribution in [1.82, 2.24) is 5.32 Å². The molecule has 106 valence electrons. The molecular formula is C12H11F6N. The van der Waals surface area contributed by atoms with Crippen LogP contribution in [0.3, 0.4) is 0 Å². The average Bonchev–Trinajstić information content (AvgIpc) is 2.79. The number of halogens is 6. The highest BCUT2D eigenvalue weighted by molar-refractivity contribution is 5.42. The zero-order valence-corrected chi connectivity index (χ0v) is 9.70. The van der Waals surface area contributed by atoms with E-state index in [0.29, 0.717) is 19.0 Å². The van der Waals surface area contributed by atoms with Gasteiger partial charge in [-0.15, -0.1) is 0 Å². The summed E-state index contributed by atoms with van der Waals surface area (Å²) in [4.78, 5) is 0. The van der Waals surface area contributed by atoms with E-state index >= 15 is 0 Å². The highest BCUT2D eigenvalue weighted by atomic mass is 19.4. The molecule has 1 saturated heterocycles. The van der Waals surface area contributed by atoms with Crippen molar-refractivity contribution in [3.63, 3.8) is 0 Å². The monoisotopic (exact) mass is 283 g/mol. The van der Waals surface area contributed by atoms with Gasteiger partial charge in [-0.1, -0.05) is 12.1 Å².